The maximum Gasteiger partial charge on any atom is 0.139 e. The number of rotatable bonds is 2. The van der Waals surface area contributed by atoms with E-state index in [4.69, 9.17) is 4.52 Å². The van der Waals surface area contributed by atoms with Crippen LogP contribution in [0.15, 0.2) is 22.7 Å². The monoisotopic (exact) mass is 243 g/mol. The fourth-order valence-electron chi connectivity index (χ4n) is 2.68. The van der Waals surface area contributed by atoms with Crippen molar-refractivity contribution in [3.8, 4) is 11.3 Å². The quantitative estimate of drug-likeness (QED) is 0.881. The Kier molecular flexibility index (Phi) is 2.92. The van der Waals surface area contributed by atoms with Crippen molar-refractivity contribution in [3.63, 3.8) is 0 Å². The molecular formula is C15H17NO2. The first kappa shape index (κ1) is 11.5. The molecule has 0 radical (unpaired) electrons. The van der Waals surface area contributed by atoms with E-state index in [0.717, 1.165) is 23.2 Å². The highest BCUT2D eigenvalue weighted by Crippen LogP contribution is 2.29. The summed E-state index contributed by atoms with van der Waals surface area (Å²) in [5.41, 5.74) is 5.50. The molecule has 3 nitrogen and oxygen atoms in total. The Morgan fingerprint density at radius 3 is 2.78 bits per heavy atom. The Balaban J connectivity index is 2.06. The van der Waals surface area contributed by atoms with Crippen molar-refractivity contribution >= 4 is 0 Å². The molecule has 1 aliphatic rings. The lowest BCUT2D eigenvalue weighted by molar-refractivity contribution is 0.278. The number of nitrogens with zero attached hydrogens (tertiary/aromatic N) is 1. The van der Waals surface area contributed by atoms with Gasteiger partial charge < -0.3 is 9.63 Å². The number of aromatic nitrogens is 1. The molecule has 1 heterocycles. The maximum absolute atomic E-state index is 9.39. The molecule has 0 saturated heterocycles. The minimum atomic E-state index is -0.0260. The highest BCUT2D eigenvalue weighted by atomic mass is 16.5. The SMILES string of the molecule is Cc1onc(-c2ccc3c(c2)CCCC3)c1CO. The summed E-state index contributed by atoms with van der Waals surface area (Å²) in [6.07, 6.45) is 4.88. The molecule has 1 N–H and O–H groups in total. The fourth-order valence-corrected chi connectivity index (χ4v) is 2.68. The van der Waals surface area contributed by atoms with Gasteiger partial charge in [0.1, 0.15) is 11.5 Å². The molecule has 0 aliphatic heterocycles. The summed E-state index contributed by atoms with van der Waals surface area (Å²) in [4.78, 5) is 0. The maximum atomic E-state index is 9.39. The number of hydrogen-bond donors (Lipinski definition) is 1. The van der Waals surface area contributed by atoms with Gasteiger partial charge in [0.05, 0.1) is 6.61 Å². The molecule has 1 aliphatic carbocycles. The van der Waals surface area contributed by atoms with Gasteiger partial charge in [-0.1, -0.05) is 17.3 Å². The minimum absolute atomic E-state index is 0.0260. The molecule has 3 heteroatoms. The summed E-state index contributed by atoms with van der Waals surface area (Å²) in [6, 6.07) is 6.47. The van der Waals surface area contributed by atoms with Crippen LogP contribution in [0.3, 0.4) is 0 Å². The van der Waals surface area contributed by atoms with E-state index in [0.29, 0.717) is 5.76 Å². The van der Waals surface area contributed by atoms with Crippen molar-refractivity contribution in [2.24, 2.45) is 0 Å². The fraction of sp³-hybridized carbons (Fsp3) is 0.400. The molecule has 2 aromatic rings. The standard InChI is InChI=1S/C15H17NO2/c1-10-14(9-17)15(16-18-10)13-7-6-11-4-2-3-5-12(11)8-13/h6-8,17H,2-5,9H2,1H3. The van der Waals surface area contributed by atoms with Crippen LogP contribution in [0.2, 0.25) is 0 Å². The van der Waals surface area contributed by atoms with Gasteiger partial charge in [0.2, 0.25) is 0 Å². The van der Waals surface area contributed by atoms with Crippen molar-refractivity contribution in [3.05, 3.63) is 40.6 Å². The second-order valence-electron chi connectivity index (χ2n) is 4.91. The molecular weight excluding hydrogens is 226 g/mol. The van der Waals surface area contributed by atoms with Gasteiger partial charge in [0.25, 0.3) is 0 Å². The Labute approximate surface area is 106 Å². The molecule has 18 heavy (non-hydrogen) atoms. The first-order valence-electron chi connectivity index (χ1n) is 6.48. The molecule has 1 aromatic heterocycles. The van der Waals surface area contributed by atoms with E-state index in [1.807, 2.05) is 6.92 Å². The summed E-state index contributed by atoms with van der Waals surface area (Å²) in [5.74, 6) is 0.699. The van der Waals surface area contributed by atoms with Crippen LogP contribution < -0.4 is 0 Å². The first-order valence-corrected chi connectivity index (χ1v) is 6.48. The molecule has 1 aromatic carbocycles. The molecule has 0 unspecified atom stereocenters. The zero-order chi connectivity index (χ0) is 12.5. The average molecular weight is 243 g/mol. The van der Waals surface area contributed by atoms with E-state index in [1.165, 1.54) is 30.4 Å². The van der Waals surface area contributed by atoms with Gasteiger partial charge in [-0.3, -0.25) is 0 Å². The van der Waals surface area contributed by atoms with Crippen LogP contribution in [0.4, 0.5) is 0 Å². The van der Waals surface area contributed by atoms with E-state index in [2.05, 4.69) is 23.4 Å². The van der Waals surface area contributed by atoms with Gasteiger partial charge in [-0.25, -0.2) is 0 Å². The Morgan fingerprint density at radius 1 is 1.22 bits per heavy atom. The number of hydrogen-bond acceptors (Lipinski definition) is 3. The molecule has 0 amide bonds. The first-order chi connectivity index (χ1) is 8.79. The zero-order valence-corrected chi connectivity index (χ0v) is 10.6. The molecule has 0 fully saturated rings. The second kappa shape index (κ2) is 4.58. The molecule has 0 spiro atoms. The third-order valence-electron chi connectivity index (χ3n) is 3.76. The number of benzene rings is 1. The second-order valence-corrected chi connectivity index (χ2v) is 4.91. The van der Waals surface area contributed by atoms with Crippen LogP contribution in [-0.2, 0) is 19.4 Å². The summed E-state index contributed by atoms with van der Waals surface area (Å²) >= 11 is 0. The van der Waals surface area contributed by atoms with Gasteiger partial charge in [0, 0.05) is 11.1 Å². The number of aliphatic hydroxyl groups is 1. The summed E-state index contributed by atoms with van der Waals surface area (Å²) in [7, 11) is 0. The van der Waals surface area contributed by atoms with Crippen LogP contribution in [0.5, 0.6) is 0 Å². The van der Waals surface area contributed by atoms with Crippen molar-refractivity contribution in [2.75, 3.05) is 0 Å². The molecule has 3 rings (SSSR count). The number of aryl methyl sites for hydroxylation is 3. The normalized spacial score (nSPS) is 14.6. The van der Waals surface area contributed by atoms with Crippen LogP contribution >= 0.6 is 0 Å². The Hall–Kier alpha value is -1.61. The van der Waals surface area contributed by atoms with Crippen molar-refractivity contribution in [1.29, 1.82) is 0 Å². The Bertz CT molecular complexity index is 572. The van der Waals surface area contributed by atoms with Crippen LogP contribution in [-0.4, -0.2) is 10.3 Å². The molecule has 0 atom stereocenters. The van der Waals surface area contributed by atoms with E-state index in [-0.39, 0.29) is 6.61 Å². The number of fused-ring (bicyclic) bond motifs is 1. The van der Waals surface area contributed by atoms with Crippen LogP contribution in [0.25, 0.3) is 11.3 Å². The summed E-state index contributed by atoms with van der Waals surface area (Å²) in [6.45, 7) is 1.81. The number of aliphatic hydroxyl groups excluding tert-OH is 1. The summed E-state index contributed by atoms with van der Waals surface area (Å²) in [5, 5.41) is 13.5. The predicted molar refractivity (Wildman–Crippen MR) is 69.2 cm³/mol. The van der Waals surface area contributed by atoms with E-state index < -0.39 is 0 Å². The van der Waals surface area contributed by atoms with Crippen molar-refractivity contribution in [2.45, 2.75) is 39.2 Å². The Morgan fingerprint density at radius 2 is 2.00 bits per heavy atom. The van der Waals surface area contributed by atoms with Crippen LogP contribution in [0, 0.1) is 6.92 Å². The third-order valence-corrected chi connectivity index (χ3v) is 3.76. The van der Waals surface area contributed by atoms with Gasteiger partial charge in [-0.2, -0.15) is 0 Å². The third kappa shape index (κ3) is 1.85. The lowest BCUT2D eigenvalue weighted by Gasteiger charge is -2.16. The van der Waals surface area contributed by atoms with Gasteiger partial charge in [0.15, 0.2) is 0 Å². The molecule has 94 valence electrons. The zero-order valence-electron chi connectivity index (χ0n) is 10.6. The van der Waals surface area contributed by atoms with Crippen LogP contribution in [0.1, 0.15) is 35.3 Å². The van der Waals surface area contributed by atoms with Gasteiger partial charge >= 0.3 is 0 Å². The minimum Gasteiger partial charge on any atom is -0.391 e. The highest BCUT2D eigenvalue weighted by molar-refractivity contribution is 5.65. The van der Waals surface area contributed by atoms with E-state index in [9.17, 15) is 5.11 Å². The van der Waals surface area contributed by atoms with E-state index in [1.54, 1.807) is 0 Å². The molecule has 0 saturated carbocycles. The molecule has 0 bridgehead atoms. The topological polar surface area (TPSA) is 46.3 Å². The van der Waals surface area contributed by atoms with Gasteiger partial charge in [-0.05, 0) is 49.8 Å². The average Bonchev–Trinajstić information content (AvgIpc) is 2.79. The predicted octanol–water partition coefficient (Wildman–Crippen LogP) is 3.02. The highest BCUT2D eigenvalue weighted by Gasteiger charge is 2.16. The van der Waals surface area contributed by atoms with E-state index >= 15 is 0 Å². The van der Waals surface area contributed by atoms with Crippen molar-refractivity contribution < 1.29 is 9.63 Å². The van der Waals surface area contributed by atoms with Gasteiger partial charge in [-0.15, -0.1) is 0 Å². The van der Waals surface area contributed by atoms with Crippen molar-refractivity contribution in [1.82, 2.24) is 5.16 Å². The lowest BCUT2D eigenvalue weighted by atomic mass is 9.89. The smallest absolute Gasteiger partial charge is 0.139 e. The largest absolute Gasteiger partial charge is 0.391 e. The summed E-state index contributed by atoms with van der Waals surface area (Å²) < 4.78 is 5.18. The lowest BCUT2D eigenvalue weighted by Crippen LogP contribution is -2.02.